The summed E-state index contributed by atoms with van der Waals surface area (Å²) in [6.07, 6.45) is -18.5. The van der Waals surface area contributed by atoms with Crippen LogP contribution in [0.3, 0.4) is 0 Å². The molecule has 0 spiro atoms. The monoisotopic (exact) mass is 1020 g/mol. The van der Waals surface area contributed by atoms with Crippen LogP contribution in [0.2, 0.25) is 0 Å². The maximum Gasteiger partial charge on any atom is 0.244 e. The zero-order valence-electron chi connectivity index (χ0n) is 80.7. The topological polar surface area (TPSA) is 35.9 Å². The minimum absolute atomic E-state index is 0.0283. The predicted molar refractivity (Wildman–Crippen MR) is 312 cm³/mol. The van der Waals surface area contributed by atoms with E-state index in [1.54, 1.807) is 18.3 Å². The van der Waals surface area contributed by atoms with Crippen LogP contribution < -0.4 is 9.30 Å². The molecule has 5 nitrogen and oxygen atoms in total. The average Bonchev–Trinajstić information content (AvgIpc) is 1.01. The SMILES string of the molecule is [2H]c1c([2H])c2c(c([2H])c1-c1cccc(-c3c([2H])c([2H])c4c(c3[2H])C(C([2H])([2H])[2H])(C([2H])([2H])[2H])C([2H])([2H])C([2H])([2H])C4(C([2H])([2H])[2H])C([2H])([2H])C)c1-c1cccc3c1[n+](C([2H])([2H])[2H])[c-]n3-c1cccc(Oc3ccc4c5ccccc5n(-c5cc(C(C)(C)C)ccn5)c4c3)c1)C(C([2H])([2H])[2H])(C([2H])([2H])[2H])C([2H])([2H])C([2H])([2H])C2(C([2H])([2H])[2H])C([2H])([2H])[2H]. The standard InChI is InChI=1S/C70H72N4O/c1-13-70(11)37-36-69(9,10)59-40-46(28-32-57(59)70)52-23-17-22-51(45-27-31-56-58(39-45)68(7,8)35-34-67(56,5)6)64(52)55-24-18-26-61-65(55)72(12)44-73(61)48-19-16-20-49(42-48)75-50-29-30-54-53-21-14-15-25-60(53)74(62(54)43-50)63-41-47(33-38-71-63)66(2,3)4/h14-33,38-43H,13,34-37H2,1-12H3/i5D3,6D3,7D3,8D3,9D3,10D3,11D3,12D3,13D2,27D,28D,31D,32D,34D2,35D2,36D2,37D2,39D,40D. The average molecular weight is 1030 g/mol. The predicted octanol–water partition coefficient (Wildman–Crippen LogP) is 17.9. The van der Waals surface area contributed by atoms with Crippen LogP contribution in [0.25, 0.3) is 77.7 Å². The van der Waals surface area contributed by atoms with Crippen molar-refractivity contribution in [1.29, 1.82) is 0 Å². The molecule has 0 N–H and O–H groups in total. The molecule has 0 bridgehead atoms. The highest BCUT2D eigenvalue weighted by molar-refractivity contribution is 6.09. The normalized spacial score (nSPS) is 29.9. The Morgan fingerprint density at radius 1 is 0.653 bits per heavy atom. The van der Waals surface area contributed by atoms with Crippen molar-refractivity contribution in [2.24, 2.45) is 6.98 Å². The third-order valence-electron chi connectivity index (χ3n) is 13.7. The molecule has 2 aliphatic carbocycles. The van der Waals surface area contributed by atoms with Crippen molar-refractivity contribution in [3.63, 3.8) is 0 Å². The van der Waals surface area contributed by atoms with E-state index in [4.69, 9.17) is 38.5 Å². The van der Waals surface area contributed by atoms with E-state index in [9.17, 15) is 26.0 Å². The van der Waals surface area contributed by atoms with Crippen LogP contribution in [0.15, 0.2) is 158 Å². The molecule has 0 saturated heterocycles. The van der Waals surface area contributed by atoms with E-state index in [2.05, 4.69) is 27.1 Å². The maximum atomic E-state index is 10.4. The first-order valence-electron chi connectivity index (χ1n) is 43.7. The fraction of sp³-hybridized carbons (Fsp3) is 0.314. The molecule has 75 heavy (non-hydrogen) atoms. The minimum atomic E-state index is -4.89. The third kappa shape index (κ3) is 8.11. The summed E-state index contributed by atoms with van der Waals surface area (Å²) in [5, 5.41) is 1.69. The smallest absolute Gasteiger partial charge is 0.244 e. The number of nitrogens with zero attached hydrogens (tertiary/aromatic N) is 4. The number of rotatable bonds is 8. The summed E-state index contributed by atoms with van der Waals surface area (Å²) in [5.74, 6) is 0.941. The van der Waals surface area contributed by atoms with Crippen LogP contribution in [0.1, 0.15) is 190 Å². The molecule has 0 radical (unpaired) electrons. The Kier molecular flexibility index (Phi) is 4.97. The second-order valence-corrected chi connectivity index (χ2v) is 19.7. The number of ether oxygens (including phenoxy) is 1. The second kappa shape index (κ2) is 17.4. The quantitative estimate of drug-likeness (QED) is 0.112. The highest BCUT2D eigenvalue weighted by atomic mass is 16.5. The Bertz CT molecular complexity index is 5430. The molecule has 0 amide bonds. The van der Waals surface area contributed by atoms with Gasteiger partial charge in [0, 0.05) is 65.5 Å². The maximum absolute atomic E-state index is 10.4. The molecule has 7 aromatic carbocycles. The van der Waals surface area contributed by atoms with Gasteiger partial charge in [0.1, 0.15) is 17.3 Å². The van der Waals surface area contributed by atoms with Gasteiger partial charge in [0.2, 0.25) is 6.33 Å². The van der Waals surface area contributed by atoms with Crippen molar-refractivity contribution in [2.75, 3.05) is 0 Å². The van der Waals surface area contributed by atoms with Crippen LogP contribution >= 0.6 is 0 Å². The van der Waals surface area contributed by atoms with Crippen LogP contribution in [-0.4, -0.2) is 14.1 Å². The number of aryl methyl sites for hydroxylation is 1. The molecule has 2 aliphatic rings. The second-order valence-electron chi connectivity index (χ2n) is 19.7. The van der Waals surface area contributed by atoms with E-state index in [0.29, 0.717) is 22.8 Å². The molecule has 3 heterocycles. The van der Waals surface area contributed by atoms with Crippen molar-refractivity contribution in [1.82, 2.24) is 14.1 Å². The van der Waals surface area contributed by atoms with Crippen molar-refractivity contribution in [2.45, 2.75) is 135 Å². The highest BCUT2D eigenvalue weighted by Crippen LogP contribution is 2.52. The van der Waals surface area contributed by atoms with Gasteiger partial charge in [-0.3, -0.25) is 4.57 Å². The highest BCUT2D eigenvalue weighted by Gasteiger charge is 2.40. The van der Waals surface area contributed by atoms with E-state index >= 15 is 0 Å². The van der Waals surface area contributed by atoms with Gasteiger partial charge in [-0.25, -0.2) is 4.98 Å². The summed E-state index contributed by atoms with van der Waals surface area (Å²) in [7, 11) is 0. The molecule has 1 atom stereocenters. The van der Waals surface area contributed by atoms with Crippen molar-refractivity contribution < 1.29 is 64.1 Å². The number of hydrogen-bond acceptors (Lipinski definition) is 2. The molecule has 1 unspecified atom stereocenters. The molecule has 378 valence electrons. The lowest BCUT2D eigenvalue weighted by molar-refractivity contribution is -0.649. The fourth-order valence-corrected chi connectivity index (χ4v) is 9.92. The van der Waals surface area contributed by atoms with Gasteiger partial charge in [-0.05, 0) is 163 Å². The Balaban J connectivity index is 1.26. The summed E-state index contributed by atoms with van der Waals surface area (Å²) in [6.45, 7) is -28.8. The molecule has 12 rings (SSSR count). The van der Waals surface area contributed by atoms with Gasteiger partial charge in [-0.15, -0.1) is 0 Å². The number of hydrogen-bond donors (Lipinski definition) is 0. The first-order chi connectivity index (χ1) is 52.0. The van der Waals surface area contributed by atoms with Crippen LogP contribution in [0.5, 0.6) is 11.5 Å². The van der Waals surface area contributed by atoms with Crippen molar-refractivity contribution in [3.05, 3.63) is 192 Å². The largest absolute Gasteiger partial charge is 0.458 e. The number of fused-ring (bicyclic) bond motifs is 6. The number of imidazole rings is 1. The van der Waals surface area contributed by atoms with Gasteiger partial charge in [0.25, 0.3) is 0 Å². The molecule has 0 aliphatic heterocycles. The summed E-state index contributed by atoms with van der Waals surface area (Å²) < 4.78 is 383. The fourth-order valence-electron chi connectivity index (χ4n) is 9.92. The van der Waals surface area contributed by atoms with Gasteiger partial charge in [0.15, 0.2) is 0 Å². The molecule has 3 aromatic heterocycles. The molecule has 0 saturated carbocycles. The van der Waals surface area contributed by atoms with E-state index in [-0.39, 0.29) is 28.1 Å². The molecule has 0 fully saturated rings. The van der Waals surface area contributed by atoms with Gasteiger partial charge in [-0.1, -0.05) is 179 Å². The van der Waals surface area contributed by atoms with E-state index < -0.39 is 206 Å². The van der Waals surface area contributed by atoms with Gasteiger partial charge in [0.05, 0.1) is 47.1 Å². The lowest BCUT2D eigenvalue weighted by Crippen LogP contribution is -2.35. The van der Waals surface area contributed by atoms with E-state index in [1.807, 2.05) is 47.0 Å². The van der Waals surface area contributed by atoms with Gasteiger partial charge >= 0.3 is 0 Å². The minimum Gasteiger partial charge on any atom is -0.458 e. The first-order valence-corrected chi connectivity index (χ1v) is 23.7. The van der Waals surface area contributed by atoms with Crippen LogP contribution in [0, 0.1) is 6.33 Å². The Labute approximate surface area is 501 Å². The Hall–Kier alpha value is -7.24. The summed E-state index contributed by atoms with van der Waals surface area (Å²) in [5.41, 5.74) is -31.1. The van der Waals surface area contributed by atoms with Gasteiger partial charge < -0.3 is 13.9 Å². The molecule has 5 heteroatoms. The first kappa shape index (κ1) is 21.4. The lowest BCUT2D eigenvalue weighted by Gasteiger charge is -2.43. The summed E-state index contributed by atoms with van der Waals surface area (Å²) in [6, 6.07) is 18.2. The zero-order chi connectivity index (χ0) is 86.6. The van der Waals surface area contributed by atoms with Gasteiger partial charge in [-0.2, -0.15) is 0 Å². The lowest BCUT2D eigenvalue weighted by atomic mass is 9.61. The molecular formula is C70H72N4O. The molecule has 10 aromatic rings. The number of pyridine rings is 1. The Morgan fingerprint density at radius 2 is 1.29 bits per heavy atom. The van der Waals surface area contributed by atoms with Crippen molar-refractivity contribution >= 4 is 32.8 Å². The summed E-state index contributed by atoms with van der Waals surface area (Å²) >= 11 is 0. The number of aromatic nitrogens is 4. The van der Waals surface area contributed by atoms with Crippen molar-refractivity contribution in [3.8, 4) is 56.4 Å². The zero-order valence-corrected chi connectivity index (χ0v) is 40.7. The van der Waals surface area contributed by atoms with Crippen LogP contribution in [0.4, 0.5) is 0 Å². The van der Waals surface area contributed by atoms with Crippen LogP contribution in [-0.2, 0) is 34.1 Å². The number of benzene rings is 7. The Morgan fingerprint density at radius 3 is 2.01 bits per heavy atom. The molecular weight excluding hydrogens is 913 g/mol. The number of para-hydroxylation sites is 2. The van der Waals surface area contributed by atoms with E-state index in [0.717, 1.165) is 50.7 Å². The summed E-state index contributed by atoms with van der Waals surface area (Å²) in [4.78, 5) is 4.76. The van der Waals surface area contributed by atoms with E-state index in [1.165, 1.54) is 36.4 Å². The third-order valence-corrected chi connectivity index (χ3v) is 13.7.